The van der Waals surface area contributed by atoms with Gasteiger partial charge >= 0.3 is 11.9 Å². The average Bonchev–Trinajstić information content (AvgIpc) is 3.21. The summed E-state index contributed by atoms with van der Waals surface area (Å²) in [7, 11) is 0. The summed E-state index contributed by atoms with van der Waals surface area (Å²) < 4.78 is 10.1. The first-order chi connectivity index (χ1) is 14.8. The van der Waals surface area contributed by atoms with Crippen molar-refractivity contribution in [3.63, 3.8) is 0 Å². The number of carbonyl (C=O) groups excluding carboxylic acids is 4. The van der Waals surface area contributed by atoms with Gasteiger partial charge in [0.05, 0.1) is 17.3 Å². The van der Waals surface area contributed by atoms with Crippen LogP contribution in [0.5, 0.6) is 0 Å². The second kappa shape index (κ2) is 11.5. The van der Waals surface area contributed by atoms with Crippen LogP contribution in [0.3, 0.4) is 0 Å². The molecule has 8 nitrogen and oxygen atoms in total. The number of thiol groups is 1. The van der Waals surface area contributed by atoms with Crippen LogP contribution in [0.25, 0.3) is 0 Å². The van der Waals surface area contributed by atoms with Crippen LogP contribution in [0.15, 0.2) is 43.5 Å². The fourth-order valence-corrected chi connectivity index (χ4v) is 3.69. The third-order valence-corrected chi connectivity index (χ3v) is 5.17. The summed E-state index contributed by atoms with van der Waals surface area (Å²) in [4.78, 5) is 49.3. The zero-order valence-electron chi connectivity index (χ0n) is 17.3. The predicted octanol–water partition coefficient (Wildman–Crippen LogP) is 2.06. The van der Waals surface area contributed by atoms with Crippen LogP contribution in [-0.2, 0) is 23.9 Å². The Morgan fingerprint density at radius 1 is 1.23 bits per heavy atom. The quantitative estimate of drug-likeness (QED) is 0.218. The molecule has 3 atom stereocenters. The molecule has 1 saturated heterocycles. The molecule has 1 aromatic carbocycles. The first kappa shape index (κ1) is 24.4. The smallest absolute Gasteiger partial charge is 0.340 e. The first-order valence-electron chi connectivity index (χ1n) is 9.72. The number of nitrogens with one attached hydrogen (secondary N) is 2. The molecule has 3 unspecified atom stereocenters. The summed E-state index contributed by atoms with van der Waals surface area (Å²) in [5, 5.41) is 5.17. The molecule has 1 amide bonds. The Kier molecular flexibility index (Phi) is 9.02. The Bertz CT molecular complexity index is 885. The monoisotopic (exact) mass is 446 g/mol. The fourth-order valence-electron chi connectivity index (χ4n) is 3.37. The third kappa shape index (κ3) is 6.28. The average molecular weight is 447 g/mol. The molecule has 31 heavy (non-hydrogen) atoms. The summed E-state index contributed by atoms with van der Waals surface area (Å²) in [6.45, 7) is 9.03. The lowest BCUT2D eigenvalue weighted by Crippen LogP contribution is -2.36. The van der Waals surface area contributed by atoms with Crippen LogP contribution in [0.1, 0.15) is 22.3 Å². The summed E-state index contributed by atoms with van der Waals surface area (Å²) in [6.07, 6.45) is 3.09. The number of benzene rings is 1. The molecule has 166 valence electrons. The highest BCUT2D eigenvalue weighted by molar-refractivity contribution is 7.96. The van der Waals surface area contributed by atoms with E-state index in [1.807, 2.05) is 0 Å². The molecular weight excluding hydrogens is 420 g/mol. The van der Waals surface area contributed by atoms with Gasteiger partial charge in [-0.25, -0.2) is 4.79 Å². The van der Waals surface area contributed by atoms with Crippen molar-refractivity contribution in [1.29, 1.82) is 0 Å². The van der Waals surface area contributed by atoms with Gasteiger partial charge in [-0.1, -0.05) is 37.4 Å². The van der Waals surface area contributed by atoms with Crippen molar-refractivity contribution in [2.45, 2.75) is 19.4 Å². The van der Waals surface area contributed by atoms with Crippen LogP contribution in [0.4, 0.5) is 5.69 Å². The van der Waals surface area contributed by atoms with Gasteiger partial charge in [-0.05, 0) is 30.9 Å². The molecule has 1 aromatic rings. The molecule has 2 rings (SSSR count). The maximum Gasteiger partial charge on any atom is 0.340 e. The highest BCUT2D eigenvalue weighted by Crippen LogP contribution is 2.28. The van der Waals surface area contributed by atoms with Crippen molar-refractivity contribution in [2.75, 3.05) is 25.1 Å². The van der Waals surface area contributed by atoms with E-state index in [2.05, 4.69) is 36.4 Å². The highest BCUT2D eigenvalue weighted by Gasteiger charge is 2.41. The van der Waals surface area contributed by atoms with E-state index in [-0.39, 0.29) is 37.6 Å². The molecule has 0 spiro atoms. The third-order valence-electron chi connectivity index (χ3n) is 4.89. The van der Waals surface area contributed by atoms with Crippen LogP contribution >= 0.6 is 12.6 Å². The summed E-state index contributed by atoms with van der Waals surface area (Å²) in [5.74, 6) is -3.20. The standard InChI is InChI=1S/C22H26N2O6S/c1-4-9-29-20(26)15-8-6-7-13(3)18(15)24-19(25)16-11-14(12-23-16)17(22(28)31)21(27)30-10-5-2/h4-8,14,16-17,23H,1-2,9-12H2,3H3,(H,24,25)(H,28,31). The maximum absolute atomic E-state index is 12.9. The van der Waals surface area contributed by atoms with Crippen molar-refractivity contribution in [3.8, 4) is 0 Å². The van der Waals surface area contributed by atoms with Crippen molar-refractivity contribution >= 4 is 41.3 Å². The second-order valence-electron chi connectivity index (χ2n) is 7.07. The molecule has 1 heterocycles. The van der Waals surface area contributed by atoms with Crippen molar-refractivity contribution < 1.29 is 28.7 Å². The van der Waals surface area contributed by atoms with Gasteiger partial charge < -0.3 is 20.1 Å². The van der Waals surface area contributed by atoms with Gasteiger partial charge in [0.15, 0.2) is 5.12 Å². The fraction of sp³-hybridized carbons (Fsp3) is 0.364. The van der Waals surface area contributed by atoms with Crippen LogP contribution < -0.4 is 10.6 Å². The Morgan fingerprint density at radius 2 is 1.90 bits per heavy atom. The minimum absolute atomic E-state index is 0.0154. The minimum atomic E-state index is -1.09. The largest absolute Gasteiger partial charge is 0.461 e. The number of esters is 2. The lowest BCUT2D eigenvalue weighted by molar-refractivity contribution is -0.151. The molecule has 2 N–H and O–H groups in total. The molecule has 0 aliphatic carbocycles. The lowest BCUT2D eigenvalue weighted by Gasteiger charge is -2.18. The summed E-state index contributed by atoms with van der Waals surface area (Å²) in [6, 6.07) is 4.35. The van der Waals surface area contributed by atoms with Gasteiger partial charge in [-0.2, -0.15) is 0 Å². The van der Waals surface area contributed by atoms with E-state index in [1.165, 1.54) is 12.2 Å². The van der Waals surface area contributed by atoms with Gasteiger partial charge in [-0.15, -0.1) is 12.6 Å². The topological polar surface area (TPSA) is 111 Å². The molecular formula is C22H26N2O6S. The number of rotatable bonds is 10. The molecule has 0 aromatic heterocycles. The Hall–Kier alpha value is -2.91. The van der Waals surface area contributed by atoms with E-state index in [1.54, 1.807) is 25.1 Å². The number of amides is 1. The lowest BCUT2D eigenvalue weighted by atomic mass is 9.90. The number of anilines is 1. The van der Waals surface area contributed by atoms with Gasteiger partial charge in [0.25, 0.3) is 0 Å². The summed E-state index contributed by atoms with van der Waals surface area (Å²) >= 11 is 3.82. The van der Waals surface area contributed by atoms with Crippen molar-refractivity contribution in [3.05, 3.63) is 54.6 Å². The molecule has 1 fully saturated rings. The number of ether oxygens (including phenoxy) is 2. The number of aryl methyl sites for hydroxylation is 1. The highest BCUT2D eigenvalue weighted by atomic mass is 32.1. The van der Waals surface area contributed by atoms with E-state index in [0.717, 1.165) is 0 Å². The second-order valence-corrected chi connectivity index (χ2v) is 7.51. The van der Waals surface area contributed by atoms with Gasteiger partial charge in [0.1, 0.15) is 19.1 Å². The molecule has 1 aliphatic heterocycles. The number of carbonyl (C=O) groups is 4. The zero-order valence-corrected chi connectivity index (χ0v) is 18.2. The maximum atomic E-state index is 12.9. The number of para-hydroxylation sites is 1. The zero-order chi connectivity index (χ0) is 23.0. The minimum Gasteiger partial charge on any atom is -0.461 e. The van der Waals surface area contributed by atoms with E-state index in [4.69, 9.17) is 9.47 Å². The molecule has 1 aliphatic rings. The van der Waals surface area contributed by atoms with Gasteiger partial charge in [0.2, 0.25) is 5.91 Å². The van der Waals surface area contributed by atoms with E-state index < -0.39 is 34.9 Å². The van der Waals surface area contributed by atoms with Gasteiger partial charge in [-0.3, -0.25) is 14.4 Å². The molecule has 9 heteroatoms. The SMILES string of the molecule is C=CCOC(=O)c1cccc(C)c1NC(=O)C1CC(C(C(=O)S)C(=O)OCC=C)CN1. The van der Waals surface area contributed by atoms with E-state index >= 15 is 0 Å². The summed E-state index contributed by atoms with van der Waals surface area (Å²) in [5.41, 5.74) is 1.26. The predicted molar refractivity (Wildman–Crippen MR) is 119 cm³/mol. The van der Waals surface area contributed by atoms with Gasteiger partial charge in [0, 0.05) is 6.54 Å². The Balaban J connectivity index is 2.11. The number of hydrogen-bond acceptors (Lipinski definition) is 7. The van der Waals surface area contributed by atoms with Crippen molar-refractivity contribution in [1.82, 2.24) is 5.32 Å². The van der Waals surface area contributed by atoms with Crippen LogP contribution in [-0.4, -0.2) is 48.8 Å². The molecule has 0 radical (unpaired) electrons. The van der Waals surface area contributed by atoms with Crippen molar-refractivity contribution in [2.24, 2.45) is 11.8 Å². The Morgan fingerprint density at radius 3 is 2.55 bits per heavy atom. The first-order valence-corrected chi connectivity index (χ1v) is 10.2. The number of hydrogen-bond donors (Lipinski definition) is 3. The van der Waals surface area contributed by atoms with E-state index in [9.17, 15) is 19.2 Å². The normalized spacial score (nSPS) is 18.5. The molecule has 0 saturated carbocycles. The molecule has 0 bridgehead atoms. The van der Waals surface area contributed by atoms with Crippen LogP contribution in [0, 0.1) is 18.8 Å². The Labute approximate surface area is 186 Å². The van der Waals surface area contributed by atoms with E-state index in [0.29, 0.717) is 11.3 Å². The van der Waals surface area contributed by atoms with Crippen LogP contribution in [0.2, 0.25) is 0 Å².